The normalized spacial score (nSPS) is 13.1. The molecule has 14 heavy (non-hydrogen) atoms. The summed E-state index contributed by atoms with van der Waals surface area (Å²) >= 11 is 1.87. The second-order valence-corrected chi connectivity index (χ2v) is 4.87. The van der Waals surface area contributed by atoms with Gasteiger partial charge in [0.25, 0.3) is 0 Å². The van der Waals surface area contributed by atoms with Crippen molar-refractivity contribution in [1.82, 2.24) is 5.32 Å². The van der Waals surface area contributed by atoms with Crippen molar-refractivity contribution in [2.75, 3.05) is 6.54 Å². The lowest BCUT2D eigenvalue weighted by atomic mass is 10.1. The second kappa shape index (κ2) is 6.20. The monoisotopic (exact) mass is 211 g/mol. The lowest BCUT2D eigenvalue weighted by molar-refractivity contribution is 0.501. The van der Waals surface area contributed by atoms with E-state index in [0.29, 0.717) is 0 Å². The molecule has 1 unspecified atom stereocenters. The maximum Gasteiger partial charge on any atom is 0.0302 e. The van der Waals surface area contributed by atoms with E-state index in [-0.39, 0.29) is 0 Å². The minimum atomic E-state index is 0.792. The fourth-order valence-electron chi connectivity index (χ4n) is 1.41. The van der Waals surface area contributed by atoms with Crippen LogP contribution in [0.5, 0.6) is 0 Å². The molecular formula is C12H21NS. The Labute approximate surface area is 91.5 Å². The van der Waals surface area contributed by atoms with E-state index in [1.165, 1.54) is 16.9 Å². The van der Waals surface area contributed by atoms with Gasteiger partial charge in [-0.15, -0.1) is 11.3 Å². The van der Waals surface area contributed by atoms with Crippen LogP contribution in [0.15, 0.2) is 11.4 Å². The summed E-state index contributed by atoms with van der Waals surface area (Å²) in [5.41, 5.74) is 1.51. The molecule has 0 aromatic carbocycles. The number of aryl methyl sites for hydroxylation is 1. The van der Waals surface area contributed by atoms with Crippen LogP contribution in [-0.4, -0.2) is 6.54 Å². The van der Waals surface area contributed by atoms with Gasteiger partial charge in [0.05, 0.1) is 0 Å². The summed E-state index contributed by atoms with van der Waals surface area (Å²) in [6, 6.07) is 2.24. The van der Waals surface area contributed by atoms with Crippen LogP contribution in [0.2, 0.25) is 0 Å². The maximum absolute atomic E-state index is 3.52. The van der Waals surface area contributed by atoms with Gasteiger partial charge in [0.2, 0.25) is 0 Å². The highest BCUT2D eigenvalue weighted by atomic mass is 32.1. The molecule has 0 aliphatic rings. The molecule has 0 spiro atoms. The van der Waals surface area contributed by atoms with E-state index in [9.17, 15) is 0 Å². The topological polar surface area (TPSA) is 12.0 Å². The summed E-state index contributed by atoms with van der Waals surface area (Å²) in [6.45, 7) is 8.94. The standard InChI is InChI=1S/C12H21NS/c1-4-10(3)8-13-9-12-11(5-2)6-7-14-12/h6-7,10,13H,4-5,8-9H2,1-3H3. The first-order chi connectivity index (χ1) is 6.77. The summed E-state index contributed by atoms with van der Waals surface area (Å²) in [5, 5.41) is 5.72. The van der Waals surface area contributed by atoms with Crippen LogP contribution in [-0.2, 0) is 13.0 Å². The average molecular weight is 211 g/mol. The molecule has 1 rings (SSSR count). The highest BCUT2D eigenvalue weighted by molar-refractivity contribution is 7.10. The summed E-state index contributed by atoms with van der Waals surface area (Å²) in [6.07, 6.45) is 2.42. The van der Waals surface area contributed by atoms with Crippen LogP contribution in [0.3, 0.4) is 0 Å². The van der Waals surface area contributed by atoms with Crippen LogP contribution < -0.4 is 5.32 Å². The third-order valence-electron chi connectivity index (χ3n) is 2.69. The molecule has 1 atom stereocenters. The number of rotatable bonds is 6. The van der Waals surface area contributed by atoms with Gasteiger partial charge in [-0.2, -0.15) is 0 Å². The lowest BCUT2D eigenvalue weighted by Gasteiger charge is -2.09. The molecule has 0 fully saturated rings. The Bertz CT molecular complexity index is 255. The molecule has 0 saturated carbocycles. The van der Waals surface area contributed by atoms with Crippen LogP contribution in [0.1, 0.15) is 37.6 Å². The molecule has 0 radical (unpaired) electrons. The largest absolute Gasteiger partial charge is 0.312 e. The molecule has 1 heterocycles. The highest BCUT2D eigenvalue weighted by Crippen LogP contribution is 2.16. The van der Waals surface area contributed by atoms with E-state index >= 15 is 0 Å². The minimum absolute atomic E-state index is 0.792. The fourth-order valence-corrected chi connectivity index (χ4v) is 2.36. The molecule has 1 aromatic heterocycles. The first-order valence-corrected chi connectivity index (χ1v) is 6.41. The van der Waals surface area contributed by atoms with Gasteiger partial charge in [0.1, 0.15) is 0 Å². The Hall–Kier alpha value is -0.340. The van der Waals surface area contributed by atoms with Gasteiger partial charge in [0.15, 0.2) is 0 Å². The van der Waals surface area contributed by atoms with E-state index in [2.05, 4.69) is 37.5 Å². The molecule has 80 valence electrons. The van der Waals surface area contributed by atoms with E-state index < -0.39 is 0 Å². The third kappa shape index (κ3) is 3.43. The molecule has 1 aromatic rings. The predicted octanol–water partition coefficient (Wildman–Crippen LogP) is 3.45. The maximum atomic E-state index is 3.52. The summed E-state index contributed by atoms with van der Waals surface area (Å²) in [7, 11) is 0. The van der Waals surface area contributed by atoms with Gasteiger partial charge in [-0.25, -0.2) is 0 Å². The van der Waals surface area contributed by atoms with Gasteiger partial charge in [-0.1, -0.05) is 27.2 Å². The van der Waals surface area contributed by atoms with Crippen molar-refractivity contribution < 1.29 is 0 Å². The molecule has 0 aliphatic heterocycles. The summed E-state index contributed by atoms with van der Waals surface area (Å²) < 4.78 is 0. The average Bonchev–Trinajstić information content (AvgIpc) is 2.65. The van der Waals surface area contributed by atoms with Crippen molar-refractivity contribution in [3.05, 3.63) is 21.9 Å². The predicted molar refractivity (Wildman–Crippen MR) is 64.9 cm³/mol. The minimum Gasteiger partial charge on any atom is -0.312 e. The smallest absolute Gasteiger partial charge is 0.0302 e. The number of hydrogen-bond donors (Lipinski definition) is 1. The molecule has 1 N–H and O–H groups in total. The first kappa shape index (κ1) is 11.7. The highest BCUT2D eigenvalue weighted by Gasteiger charge is 2.02. The van der Waals surface area contributed by atoms with E-state index in [1.54, 1.807) is 0 Å². The Morgan fingerprint density at radius 1 is 1.43 bits per heavy atom. The van der Waals surface area contributed by atoms with Crippen molar-refractivity contribution in [3.63, 3.8) is 0 Å². The molecule has 0 bridgehead atoms. The Morgan fingerprint density at radius 2 is 2.21 bits per heavy atom. The van der Waals surface area contributed by atoms with Crippen LogP contribution in [0.25, 0.3) is 0 Å². The van der Waals surface area contributed by atoms with Gasteiger partial charge in [-0.05, 0) is 35.9 Å². The lowest BCUT2D eigenvalue weighted by Crippen LogP contribution is -2.20. The Balaban J connectivity index is 2.31. The molecule has 0 saturated heterocycles. The zero-order valence-electron chi connectivity index (χ0n) is 9.47. The van der Waals surface area contributed by atoms with Gasteiger partial charge < -0.3 is 5.32 Å². The second-order valence-electron chi connectivity index (χ2n) is 3.87. The van der Waals surface area contributed by atoms with E-state index in [4.69, 9.17) is 0 Å². The summed E-state index contributed by atoms with van der Waals surface area (Å²) in [5.74, 6) is 0.792. The van der Waals surface area contributed by atoms with Gasteiger partial charge in [0, 0.05) is 11.4 Å². The van der Waals surface area contributed by atoms with Crippen molar-refractivity contribution in [2.45, 2.75) is 40.2 Å². The van der Waals surface area contributed by atoms with E-state index in [0.717, 1.165) is 25.4 Å². The molecule has 2 heteroatoms. The van der Waals surface area contributed by atoms with Crippen LogP contribution >= 0.6 is 11.3 Å². The Kier molecular flexibility index (Phi) is 5.20. The van der Waals surface area contributed by atoms with Gasteiger partial charge >= 0.3 is 0 Å². The zero-order chi connectivity index (χ0) is 10.4. The van der Waals surface area contributed by atoms with Crippen LogP contribution in [0.4, 0.5) is 0 Å². The van der Waals surface area contributed by atoms with Gasteiger partial charge in [-0.3, -0.25) is 0 Å². The third-order valence-corrected chi connectivity index (χ3v) is 3.66. The van der Waals surface area contributed by atoms with Crippen molar-refractivity contribution >= 4 is 11.3 Å². The summed E-state index contributed by atoms with van der Waals surface area (Å²) in [4.78, 5) is 1.51. The molecular weight excluding hydrogens is 190 g/mol. The number of hydrogen-bond acceptors (Lipinski definition) is 2. The number of nitrogens with one attached hydrogen (secondary N) is 1. The van der Waals surface area contributed by atoms with E-state index in [1.807, 2.05) is 11.3 Å². The molecule has 0 amide bonds. The quantitative estimate of drug-likeness (QED) is 0.760. The van der Waals surface area contributed by atoms with Crippen molar-refractivity contribution in [3.8, 4) is 0 Å². The first-order valence-electron chi connectivity index (χ1n) is 5.53. The Morgan fingerprint density at radius 3 is 2.86 bits per heavy atom. The molecule has 1 nitrogen and oxygen atoms in total. The number of thiophene rings is 1. The zero-order valence-corrected chi connectivity index (χ0v) is 10.3. The van der Waals surface area contributed by atoms with Crippen molar-refractivity contribution in [2.24, 2.45) is 5.92 Å². The van der Waals surface area contributed by atoms with Crippen LogP contribution in [0, 0.1) is 5.92 Å². The van der Waals surface area contributed by atoms with Crippen molar-refractivity contribution in [1.29, 1.82) is 0 Å². The molecule has 0 aliphatic carbocycles. The fraction of sp³-hybridized carbons (Fsp3) is 0.667. The SMILES string of the molecule is CCc1ccsc1CNCC(C)CC.